The number of carbonyl (C=O) groups is 2. The van der Waals surface area contributed by atoms with Crippen LogP contribution >= 0.6 is 0 Å². The van der Waals surface area contributed by atoms with Gasteiger partial charge in [-0.15, -0.1) is 0 Å². The highest BCUT2D eigenvalue weighted by atomic mass is 16.5. The highest BCUT2D eigenvalue weighted by molar-refractivity contribution is 6.09. The molecule has 0 fully saturated rings. The quantitative estimate of drug-likeness (QED) is 0.144. The summed E-state index contributed by atoms with van der Waals surface area (Å²) in [6.07, 6.45) is 1.91. The lowest BCUT2D eigenvalue weighted by atomic mass is 9.75. The number of aromatic carboxylic acids is 1. The Labute approximate surface area is 336 Å². The Balaban J connectivity index is 1.05. The van der Waals surface area contributed by atoms with E-state index in [1.165, 1.54) is 6.07 Å². The van der Waals surface area contributed by atoms with Crippen LogP contribution in [0.4, 0.5) is 17.1 Å². The minimum atomic E-state index is -1.39. The van der Waals surface area contributed by atoms with Crippen molar-refractivity contribution in [3.05, 3.63) is 137 Å². The summed E-state index contributed by atoms with van der Waals surface area (Å²) < 4.78 is 15.4. The molecule has 0 saturated heterocycles. The van der Waals surface area contributed by atoms with E-state index in [9.17, 15) is 14.7 Å². The van der Waals surface area contributed by atoms with Crippen LogP contribution in [0.25, 0.3) is 44.2 Å². The molecule has 58 heavy (non-hydrogen) atoms. The van der Waals surface area contributed by atoms with Gasteiger partial charge in [-0.1, -0.05) is 48.5 Å². The molecule has 4 aliphatic rings. The molecule has 3 aliphatic heterocycles. The summed E-state index contributed by atoms with van der Waals surface area (Å²) in [5, 5.41) is 19.8. The predicted octanol–water partition coefficient (Wildman–Crippen LogP) is 6.97. The van der Waals surface area contributed by atoms with Crippen LogP contribution in [-0.4, -0.2) is 59.1 Å². The first kappa shape index (κ1) is 36.7. The molecule has 0 bridgehead atoms. The van der Waals surface area contributed by atoms with Crippen LogP contribution in [0.15, 0.2) is 119 Å². The van der Waals surface area contributed by atoms with Gasteiger partial charge >= 0.3 is 0 Å². The van der Waals surface area contributed by atoms with Gasteiger partial charge in [0, 0.05) is 84.2 Å². The molecule has 1 unspecified atom stereocenters. The summed E-state index contributed by atoms with van der Waals surface area (Å²) in [5.41, 5.74) is 5.70. The van der Waals surface area contributed by atoms with Gasteiger partial charge in [0.05, 0.1) is 23.7 Å². The van der Waals surface area contributed by atoms with Crippen LogP contribution in [0.2, 0.25) is 0 Å². The zero-order valence-electron chi connectivity index (χ0n) is 33.5. The topological polar surface area (TPSA) is 113 Å². The van der Waals surface area contributed by atoms with Crippen molar-refractivity contribution in [2.24, 2.45) is 4.99 Å². The molecule has 0 aromatic heterocycles. The average Bonchev–Trinajstić information content (AvgIpc) is 3.38. The van der Waals surface area contributed by atoms with Gasteiger partial charge in [0.1, 0.15) is 36.9 Å². The third kappa shape index (κ3) is 5.54. The molecule has 10 heteroatoms. The molecular formula is C48H43N5O5. The second-order valence-corrected chi connectivity index (χ2v) is 16.0. The third-order valence-corrected chi connectivity index (χ3v) is 11.9. The van der Waals surface area contributed by atoms with Crippen molar-refractivity contribution < 1.29 is 23.8 Å². The molecule has 1 spiro atoms. The van der Waals surface area contributed by atoms with Crippen molar-refractivity contribution >= 4 is 56.9 Å². The van der Waals surface area contributed by atoms with Crippen LogP contribution in [0.5, 0.6) is 5.75 Å². The van der Waals surface area contributed by atoms with Crippen LogP contribution in [0.3, 0.4) is 0 Å². The number of nitrogens with zero attached hydrogens (tertiary/aromatic N) is 4. The van der Waals surface area contributed by atoms with Gasteiger partial charge in [-0.25, -0.2) is 4.58 Å². The van der Waals surface area contributed by atoms with E-state index in [4.69, 9.17) is 14.1 Å². The largest absolute Gasteiger partial charge is 0.545 e. The van der Waals surface area contributed by atoms with E-state index < -0.39 is 23.0 Å². The van der Waals surface area contributed by atoms with Crippen LogP contribution < -0.4 is 34.9 Å². The maximum Gasteiger partial charge on any atom is 0.251 e. The van der Waals surface area contributed by atoms with Gasteiger partial charge in [0.25, 0.3) is 5.91 Å². The summed E-state index contributed by atoms with van der Waals surface area (Å²) >= 11 is 0. The molecule has 3 heterocycles. The standard InChI is InChI=1S/C48H43N5O5/c1-47(2)43-30(12-10-14-38(43)53(7)48(47)27-50-44-33-13-9-8-11-28(33)16-22-39(44)58-48)26-49-45(54)29-15-19-34(37(23-29)46(55)56)42-35-20-17-31(51(3)4)24-40(35)57-41-25-32(52(5)6)18-21-36(41)42/h8-25,27H,26H2,1-7H3,(H-,49,54,55,56). The highest BCUT2D eigenvalue weighted by Gasteiger charge is 2.59. The molecule has 5 aromatic rings. The van der Waals surface area contributed by atoms with E-state index in [2.05, 4.69) is 48.3 Å². The Morgan fingerprint density at radius 3 is 2.45 bits per heavy atom. The Morgan fingerprint density at radius 1 is 0.879 bits per heavy atom. The lowest BCUT2D eigenvalue weighted by Gasteiger charge is -2.45. The zero-order chi connectivity index (χ0) is 40.7. The van der Waals surface area contributed by atoms with Crippen molar-refractivity contribution in [3.8, 4) is 28.2 Å². The Bertz CT molecular complexity index is 2940. The molecule has 9 rings (SSSR count). The normalized spacial score (nSPS) is 16.4. The Hall–Kier alpha value is -6.94. The number of anilines is 2. The molecule has 0 radical (unpaired) electrons. The number of carboxylic acid groups (broad SMARTS) is 1. The SMILES string of the molecule is CN(C)c1ccc2c(-c3ccc(C(=O)NCc4cccc5c4C(C)(C)C4(C=Nc6c(ccc7ccccc67)O4)N5C)cc3C(=O)[O-])c3ccc(=[N+](C)C)cc-3oc2c1. The maximum absolute atomic E-state index is 13.9. The number of hydrogen-bond donors (Lipinski definition) is 1. The number of rotatable bonds is 6. The van der Waals surface area contributed by atoms with Gasteiger partial charge in [0.15, 0.2) is 0 Å². The second kappa shape index (κ2) is 13.3. The Kier molecular flexibility index (Phi) is 8.43. The molecule has 1 N–H and O–H groups in total. The lowest BCUT2D eigenvalue weighted by molar-refractivity contribution is -0.254. The number of benzene rings is 6. The van der Waals surface area contributed by atoms with Crippen molar-refractivity contribution in [3.63, 3.8) is 0 Å². The van der Waals surface area contributed by atoms with Gasteiger partial charge in [0.2, 0.25) is 11.1 Å². The highest BCUT2D eigenvalue weighted by Crippen LogP contribution is 2.55. The molecule has 1 atom stereocenters. The minimum Gasteiger partial charge on any atom is -0.545 e. The summed E-state index contributed by atoms with van der Waals surface area (Å²) in [5.74, 6) is -0.491. The zero-order valence-corrected chi connectivity index (χ0v) is 33.5. The van der Waals surface area contributed by atoms with Crippen molar-refractivity contribution in [1.82, 2.24) is 9.89 Å². The number of carboxylic acids is 1. The van der Waals surface area contributed by atoms with Gasteiger partial charge in [-0.3, -0.25) is 9.79 Å². The van der Waals surface area contributed by atoms with Crippen molar-refractivity contribution in [1.29, 1.82) is 0 Å². The number of hydrogen-bond acceptors (Lipinski definition) is 8. The summed E-state index contributed by atoms with van der Waals surface area (Å²) in [7, 11) is 9.81. The summed E-state index contributed by atoms with van der Waals surface area (Å²) in [6.45, 7) is 4.47. The van der Waals surface area contributed by atoms with Crippen LogP contribution in [0, 0.1) is 0 Å². The number of aliphatic imine (C=N–C) groups is 1. The number of amides is 1. The molecular weight excluding hydrogens is 727 g/mol. The fraction of sp³-hybridized carbons (Fsp3) is 0.208. The number of carbonyl (C=O) groups excluding carboxylic acids is 2. The second-order valence-electron chi connectivity index (χ2n) is 16.0. The molecule has 10 nitrogen and oxygen atoms in total. The van der Waals surface area contributed by atoms with Crippen LogP contribution in [-0.2, 0) is 12.0 Å². The fourth-order valence-electron chi connectivity index (χ4n) is 8.82. The first-order valence-corrected chi connectivity index (χ1v) is 19.2. The van der Waals surface area contributed by atoms with E-state index >= 15 is 0 Å². The van der Waals surface area contributed by atoms with E-state index in [1.807, 2.05) is 118 Å². The van der Waals surface area contributed by atoms with Crippen LogP contribution in [0.1, 0.15) is 45.7 Å². The minimum absolute atomic E-state index is 0.0954. The number of ether oxygens (including phenoxy) is 1. The summed E-state index contributed by atoms with van der Waals surface area (Å²) in [6, 6.07) is 34.7. The van der Waals surface area contributed by atoms with E-state index in [-0.39, 0.29) is 17.7 Å². The number of fused-ring (bicyclic) bond motifs is 6. The number of likely N-dealkylation sites (N-methyl/N-ethyl adjacent to an activating group) is 1. The van der Waals surface area contributed by atoms with E-state index in [0.717, 1.165) is 55.3 Å². The Morgan fingerprint density at radius 2 is 1.67 bits per heavy atom. The monoisotopic (exact) mass is 769 g/mol. The third-order valence-electron chi connectivity index (χ3n) is 11.9. The van der Waals surface area contributed by atoms with Gasteiger partial charge < -0.3 is 34.2 Å². The van der Waals surface area contributed by atoms with E-state index in [1.54, 1.807) is 12.1 Å². The van der Waals surface area contributed by atoms with Gasteiger partial charge in [-0.05, 0) is 78.4 Å². The molecule has 1 aliphatic carbocycles. The maximum atomic E-state index is 13.9. The predicted molar refractivity (Wildman–Crippen MR) is 229 cm³/mol. The smallest absolute Gasteiger partial charge is 0.251 e. The first-order chi connectivity index (χ1) is 27.8. The molecule has 290 valence electrons. The first-order valence-electron chi connectivity index (χ1n) is 19.2. The summed E-state index contributed by atoms with van der Waals surface area (Å²) in [4.78, 5) is 36.0. The van der Waals surface area contributed by atoms with Gasteiger partial charge in [-0.2, -0.15) is 0 Å². The van der Waals surface area contributed by atoms with Crippen molar-refractivity contribution in [2.45, 2.75) is 31.5 Å². The molecule has 1 amide bonds. The molecule has 5 aromatic carbocycles. The fourth-order valence-corrected chi connectivity index (χ4v) is 8.82. The molecule has 0 saturated carbocycles. The van der Waals surface area contributed by atoms with Crippen molar-refractivity contribution in [2.75, 3.05) is 45.0 Å². The lowest BCUT2D eigenvalue weighted by Crippen LogP contribution is -2.61. The van der Waals surface area contributed by atoms with E-state index in [0.29, 0.717) is 28.2 Å². The average molecular weight is 770 g/mol. The number of nitrogens with one attached hydrogen (secondary N) is 1.